The number of fused-ring (bicyclic) bond motifs is 1. The van der Waals surface area contributed by atoms with Crippen molar-refractivity contribution in [2.24, 2.45) is 7.05 Å². The molecule has 0 spiro atoms. The topological polar surface area (TPSA) is 67.2 Å². The van der Waals surface area contributed by atoms with Gasteiger partial charge in [0, 0.05) is 18.9 Å². The van der Waals surface area contributed by atoms with Crippen LogP contribution in [-0.4, -0.2) is 20.8 Å². The molecule has 0 bridgehead atoms. The zero-order valence-electron chi connectivity index (χ0n) is 13.1. The standard InChI is InChI=1S/C17H17F2N3O2/c1-22-8-13(15(21-22)16(18)19)17(24)20-14-7-3-5-11-10(9-23)4-2-6-12(11)14/h3,5,7-9,16,23H,2,4,6H2,1H3,(H,20,24)/b10-9+. The summed E-state index contributed by atoms with van der Waals surface area (Å²) in [5.74, 6) is -0.619. The van der Waals surface area contributed by atoms with E-state index in [1.807, 2.05) is 6.07 Å². The number of anilines is 1. The second-order valence-electron chi connectivity index (χ2n) is 5.70. The minimum atomic E-state index is -2.82. The van der Waals surface area contributed by atoms with Crippen LogP contribution in [0.2, 0.25) is 0 Å². The van der Waals surface area contributed by atoms with E-state index in [2.05, 4.69) is 10.4 Å². The second kappa shape index (κ2) is 6.43. The Morgan fingerprint density at radius 1 is 1.42 bits per heavy atom. The number of aryl methyl sites for hydroxylation is 1. The number of nitrogens with one attached hydrogen (secondary N) is 1. The molecule has 2 N–H and O–H groups in total. The molecule has 7 heteroatoms. The Hall–Kier alpha value is -2.70. The van der Waals surface area contributed by atoms with Crippen LogP contribution in [0.3, 0.4) is 0 Å². The summed E-state index contributed by atoms with van der Waals surface area (Å²) in [7, 11) is 1.49. The lowest BCUT2D eigenvalue weighted by Crippen LogP contribution is -2.16. The molecule has 0 fully saturated rings. The number of carbonyl (C=O) groups is 1. The van der Waals surface area contributed by atoms with Crippen LogP contribution in [-0.2, 0) is 13.5 Å². The molecule has 0 radical (unpaired) electrons. The van der Waals surface area contributed by atoms with Crippen LogP contribution in [0.25, 0.3) is 5.57 Å². The average Bonchev–Trinajstić information content (AvgIpc) is 2.97. The van der Waals surface area contributed by atoms with Crippen LogP contribution in [0.1, 0.15) is 46.4 Å². The number of aliphatic hydroxyl groups excluding tert-OH is 1. The van der Waals surface area contributed by atoms with Gasteiger partial charge in [-0.05, 0) is 42.0 Å². The van der Waals surface area contributed by atoms with Crippen LogP contribution in [0.15, 0.2) is 30.7 Å². The SMILES string of the molecule is Cn1cc(C(=O)Nc2cccc3c2CCC/C3=C\O)c(C(F)F)n1. The van der Waals surface area contributed by atoms with Gasteiger partial charge in [0.2, 0.25) is 0 Å². The molecule has 2 aromatic rings. The molecule has 1 aromatic carbocycles. The first kappa shape index (κ1) is 16.2. The number of hydrogen-bond acceptors (Lipinski definition) is 3. The molecule has 1 aliphatic rings. The molecule has 1 heterocycles. The zero-order chi connectivity index (χ0) is 17.3. The van der Waals surface area contributed by atoms with Gasteiger partial charge in [-0.3, -0.25) is 9.48 Å². The van der Waals surface area contributed by atoms with Crippen LogP contribution >= 0.6 is 0 Å². The fourth-order valence-electron chi connectivity index (χ4n) is 3.03. The summed E-state index contributed by atoms with van der Waals surface area (Å²) in [4.78, 5) is 12.4. The zero-order valence-corrected chi connectivity index (χ0v) is 13.1. The number of benzene rings is 1. The molecule has 1 amide bonds. The lowest BCUT2D eigenvalue weighted by atomic mass is 9.87. The highest BCUT2D eigenvalue weighted by Crippen LogP contribution is 2.35. The van der Waals surface area contributed by atoms with Crippen molar-refractivity contribution in [2.75, 3.05) is 5.32 Å². The maximum atomic E-state index is 13.0. The fourth-order valence-corrected chi connectivity index (χ4v) is 3.03. The molecular formula is C17H17F2N3O2. The monoisotopic (exact) mass is 333 g/mol. The number of carbonyl (C=O) groups excluding carboxylic acids is 1. The van der Waals surface area contributed by atoms with E-state index >= 15 is 0 Å². The lowest BCUT2D eigenvalue weighted by Gasteiger charge is -2.21. The van der Waals surface area contributed by atoms with Crippen LogP contribution in [0.4, 0.5) is 14.5 Å². The van der Waals surface area contributed by atoms with Crippen LogP contribution < -0.4 is 5.32 Å². The minimum absolute atomic E-state index is 0.140. The van der Waals surface area contributed by atoms with Crippen molar-refractivity contribution >= 4 is 17.2 Å². The van der Waals surface area contributed by atoms with Gasteiger partial charge in [-0.1, -0.05) is 12.1 Å². The Balaban J connectivity index is 1.94. The van der Waals surface area contributed by atoms with Crippen molar-refractivity contribution in [1.29, 1.82) is 0 Å². The Morgan fingerprint density at radius 3 is 2.92 bits per heavy atom. The number of allylic oxidation sites excluding steroid dienone is 1. The van der Waals surface area contributed by atoms with Gasteiger partial charge in [0.25, 0.3) is 12.3 Å². The molecule has 1 aliphatic carbocycles. The van der Waals surface area contributed by atoms with Crippen LogP contribution in [0, 0.1) is 0 Å². The first-order chi connectivity index (χ1) is 11.5. The predicted octanol–water partition coefficient (Wildman–Crippen LogP) is 3.85. The molecule has 3 rings (SSSR count). The van der Waals surface area contributed by atoms with Gasteiger partial charge in [-0.25, -0.2) is 8.78 Å². The Labute approximate surface area is 137 Å². The van der Waals surface area contributed by atoms with Crippen molar-refractivity contribution in [2.45, 2.75) is 25.7 Å². The van der Waals surface area contributed by atoms with Gasteiger partial charge in [0.05, 0.1) is 11.8 Å². The molecule has 0 unspecified atom stereocenters. The fraction of sp³-hybridized carbons (Fsp3) is 0.294. The highest BCUT2D eigenvalue weighted by molar-refractivity contribution is 6.05. The average molecular weight is 333 g/mol. The van der Waals surface area contributed by atoms with Crippen molar-refractivity contribution in [3.63, 3.8) is 0 Å². The summed E-state index contributed by atoms with van der Waals surface area (Å²) in [5, 5.41) is 15.7. The number of hydrogen-bond donors (Lipinski definition) is 2. The Kier molecular flexibility index (Phi) is 4.33. The first-order valence-corrected chi connectivity index (χ1v) is 7.59. The van der Waals surface area contributed by atoms with E-state index in [1.54, 1.807) is 12.1 Å². The second-order valence-corrected chi connectivity index (χ2v) is 5.70. The molecule has 24 heavy (non-hydrogen) atoms. The highest BCUT2D eigenvalue weighted by atomic mass is 19.3. The van der Waals surface area contributed by atoms with E-state index in [0.717, 1.165) is 42.2 Å². The van der Waals surface area contributed by atoms with E-state index in [-0.39, 0.29) is 5.56 Å². The molecule has 0 saturated carbocycles. The summed E-state index contributed by atoms with van der Waals surface area (Å²) >= 11 is 0. The number of nitrogens with zero attached hydrogens (tertiary/aromatic N) is 2. The molecule has 126 valence electrons. The van der Waals surface area contributed by atoms with E-state index in [4.69, 9.17) is 0 Å². The molecule has 0 aliphatic heterocycles. The third-order valence-corrected chi connectivity index (χ3v) is 4.11. The normalized spacial score (nSPS) is 15.6. The number of halogens is 2. The predicted molar refractivity (Wildman–Crippen MR) is 86.1 cm³/mol. The van der Waals surface area contributed by atoms with Gasteiger partial charge >= 0.3 is 0 Å². The van der Waals surface area contributed by atoms with Gasteiger partial charge < -0.3 is 10.4 Å². The molecule has 1 aromatic heterocycles. The number of rotatable bonds is 3. The van der Waals surface area contributed by atoms with Gasteiger partial charge in [0.15, 0.2) is 0 Å². The van der Waals surface area contributed by atoms with E-state index in [9.17, 15) is 18.7 Å². The third-order valence-electron chi connectivity index (χ3n) is 4.11. The number of aromatic nitrogens is 2. The summed E-state index contributed by atoms with van der Waals surface area (Å²) in [5.41, 5.74) is 2.49. The molecule has 0 saturated heterocycles. The van der Waals surface area contributed by atoms with Crippen molar-refractivity contribution in [1.82, 2.24) is 9.78 Å². The molecule has 5 nitrogen and oxygen atoms in total. The quantitative estimate of drug-likeness (QED) is 0.839. The van der Waals surface area contributed by atoms with Crippen molar-refractivity contribution in [3.8, 4) is 0 Å². The maximum Gasteiger partial charge on any atom is 0.282 e. The summed E-state index contributed by atoms with van der Waals surface area (Å²) in [6.07, 6.45) is 1.91. The number of alkyl halides is 2. The highest BCUT2D eigenvalue weighted by Gasteiger charge is 2.24. The van der Waals surface area contributed by atoms with Gasteiger partial charge in [0.1, 0.15) is 5.69 Å². The number of amides is 1. The smallest absolute Gasteiger partial charge is 0.282 e. The molecular weight excluding hydrogens is 316 g/mol. The summed E-state index contributed by atoms with van der Waals surface area (Å²) < 4.78 is 27.2. The minimum Gasteiger partial charge on any atom is -0.515 e. The maximum absolute atomic E-state index is 13.0. The Morgan fingerprint density at radius 2 is 2.21 bits per heavy atom. The van der Waals surface area contributed by atoms with Crippen molar-refractivity contribution in [3.05, 3.63) is 53.0 Å². The summed E-state index contributed by atoms with van der Waals surface area (Å²) in [6.45, 7) is 0. The van der Waals surface area contributed by atoms with Crippen molar-refractivity contribution < 1.29 is 18.7 Å². The lowest BCUT2D eigenvalue weighted by molar-refractivity contribution is 0.101. The Bertz CT molecular complexity index is 812. The first-order valence-electron chi connectivity index (χ1n) is 7.59. The van der Waals surface area contributed by atoms with E-state index in [0.29, 0.717) is 5.69 Å². The van der Waals surface area contributed by atoms with Crippen LogP contribution in [0.5, 0.6) is 0 Å². The van der Waals surface area contributed by atoms with Gasteiger partial charge in [-0.2, -0.15) is 5.10 Å². The van der Waals surface area contributed by atoms with Gasteiger partial charge in [-0.15, -0.1) is 0 Å². The summed E-state index contributed by atoms with van der Waals surface area (Å²) in [6, 6.07) is 5.37. The largest absolute Gasteiger partial charge is 0.515 e. The van der Waals surface area contributed by atoms with E-state index in [1.165, 1.54) is 17.9 Å². The van der Waals surface area contributed by atoms with E-state index < -0.39 is 18.0 Å². The third kappa shape index (κ3) is 2.89. The molecule has 0 atom stereocenters. The number of aliphatic hydroxyl groups is 1.